The lowest BCUT2D eigenvalue weighted by Gasteiger charge is -2.17. The second kappa shape index (κ2) is 3.91. The lowest BCUT2D eigenvalue weighted by molar-refractivity contribution is -0.117. The highest BCUT2D eigenvalue weighted by molar-refractivity contribution is 5.97. The Kier molecular flexibility index (Phi) is 2.59. The summed E-state index contributed by atoms with van der Waals surface area (Å²) >= 11 is 0. The number of nitrogens with zero attached hydrogens (tertiary/aromatic N) is 2. The van der Waals surface area contributed by atoms with E-state index in [1.54, 1.807) is 0 Å². The highest BCUT2D eigenvalue weighted by atomic mass is 19.1. The molecule has 1 atom stereocenters. The van der Waals surface area contributed by atoms with Crippen molar-refractivity contribution in [3.63, 3.8) is 0 Å². The summed E-state index contributed by atoms with van der Waals surface area (Å²) in [5, 5.41) is 18.2. The summed E-state index contributed by atoms with van der Waals surface area (Å²) in [6.07, 6.45) is -0.733. The molecule has 0 aliphatic carbocycles. The summed E-state index contributed by atoms with van der Waals surface area (Å²) in [4.78, 5) is 12.7. The Bertz CT molecular complexity index is 481. The fraction of sp³-hybridized carbons (Fsp3) is 0.273. The third-order valence-corrected chi connectivity index (χ3v) is 2.48. The molecule has 5 heteroatoms. The Morgan fingerprint density at radius 1 is 1.56 bits per heavy atom. The summed E-state index contributed by atoms with van der Waals surface area (Å²) in [7, 11) is 0. The van der Waals surface area contributed by atoms with Gasteiger partial charge in [-0.25, -0.2) is 4.39 Å². The van der Waals surface area contributed by atoms with Crippen LogP contribution in [0.2, 0.25) is 0 Å². The fourth-order valence-corrected chi connectivity index (χ4v) is 1.74. The van der Waals surface area contributed by atoms with Crippen LogP contribution in [0.5, 0.6) is 0 Å². The van der Waals surface area contributed by atoms with Gasteiger partial charge >= 0.3 is 0 Å². The normalized spacial score (nSPS) is 19.9. The lowest BCUT2D eigenvalue weighted by Crippen LogP contribution is -2.26. The molecule has 0 radical (unpaired) electrons. The number of benzene rings is 1. The number of aliphatic hydroxyl groups excluding tert-OH is 1. The number of amides is 1. The minimum Gasteiger partial charge on any atom is -0.391 e. The summed E-state index contributed by atoms with van der Waals surface area (Å²) in [6.45, 7) is 0.108. The highest BCUT2D eigenvalue weighted by Gasteiger charge is 2.30. The number of carbonyl (C=O) groups is 1. The maximum absolute atomic E-state index is 13.1. The molecule has 0 saturated carbocycles. The van der Waals surface area contributed by atoms with Crippen molar-refractivity contribution in [3.05, 3.63) is 29.6 Å². The average Bonchev–Trinajstić information content (AvgIpc) is 2.57. The Hall–Kier alpha value is -1.93. The van der Waals surface area contributed by atoms with Crippen LogP contribution in [0, 0.1) is 17.1 Å². The molecule has 1 aliphatic rings. The molecule has 4 nitrogen and oxygen atoms in total. The van der Waals surface area contributed by atoms with Crippen molar-refractivity contribution >= 4 is 11.6 Å². The molecular formula is C11H9FN2O2. The van der Waals surface area contributed by atoms with Crippen LogP contribution >= 0.6 is 0 Å². The standard InChI is InChI=1S/C11H9FN2O2/c12-8-2-1-7(5-13)10(3-8)14-6-9(15)4-11(14)16/h1-3,9,15H,4,6H2. The van der Waals surface area contributed by atoms with Gasteiger partial charge in [0.05, 0.1) is 30.3 Å². The topological polar surface area (TPSA) is 64.3 Å². The molecule has 1 amide bonds. The van der Waals surface area contributed by atoms with Gasteiger partial charge in [-0.1, -0.05) is 0 Å². The SMILES string of the molecule is N#Cc1ccc(F)cc1N1CC(O)CC1=O. The minimum atomic E-state index is -0.748. The summed E-state index contributed by atoms with van der Waals surface area (Å²) in [6, 6.07) is 5.51. The molecule has 1 heterocycles. The van der Waals surface area contributed by atoms with Crippen LogP contribution < -0.4 is 4.90 Å². The number of hydrogen-bond donors (Lipinski definition) is 1. The van der Waals surface area contributed by atoms with Gasteiger partial charge in [0.15, 0.2) is 0 Å². The van der Waals surface area contributed by atoms with Crippen molar-refractivity contribution < 1.29 is 14.3 Å². The first-order valence-electron chi connectivity index (χ1n) is 4.80. The summed E-state index contributed by atoms with van der Waals surface area (Å²) < 4.78 is 13.1. The van der Waals surface area contributed by atoms with Crippen LogP contribution in [0.4, 0.5) is 10.1 Å². The molecule has 82 valence electrons. The van der Waals surface area contributed by atoms with E-state index in [1.165, 1.54) is 17.0 Å². The van der Waals surface area contributed by atoms with E-state index in [0.29, 0.717) is 0 Å². The average molecular weight is 220 g/mol. The molecule has 16 heavy (non-hydrogen) atoms. The van der Waals surface area contributed by atoms with E-state index < -0.39 is 11.9 Å². The second-order valence-electron chi connectivity index (χ2n) is 3.64. The van der Waals surface area contributed by atoms with Crippen LogP contribution in [0.3, 0.4) is 0 Å². The van der Waals surface area contributed by atoms with Crippen molar-refractivity contribution in [2.75, 3.05) is 11.4 Å². The van der Waals surface area contributed by atoms with E-state index in [2.05, 4.69) is 0 Å². The predicted octanol–water partition coefficient (Wildman–Crippen LogP) is 0.795. The van der Waals surface area contributed by atoms with Gasteiger partial charge in [0.2, 0.25) is 5.91 Å². The zero-order valence-electron chi connectivity index (χ0n) is 8.35. The Balaban J connectivity index is 2.44. The van der Waals surface area contributed by atoms with Gasteiger partial charge in [-0.2, -0.15) is 5.26 Å². The van der Waals surface area contributed by atoms with Crippen molar-refractivity contribution in [2.24, 2.45) is 0 Å². The highest BCUT2D eigenvalue weighted by Crippen LogP contribution is 2.26. The molecule has 1 N–H and O–H groups in total. The number of carbonyl (C=O) groups excluding carboxylic acids is 1. The molecule has 0 spiro atoms. The van der Waals surface area contributed by atoms with Crippen molar-refractivity contribution in [2.45, 2.75) is 12.5 Å². The third-order valence-electron chi connectivity index (χ3n) is 2.48. The van der Waals surface area contributed by atoms with Gasteiger partial charge in [-0.15, -0.1) is 0 Å². The van der Waals surface area contributed by atoms with Crippen molar-refractivity contribution in [3.8, 4) is 6.07 Å². The first-order valence-corrected chi connectivity index (χ1v) is 4.80. The molecule has 1 aromatic rings. The zero-order chi connectivity index (χ0) is 11.7. The number of anilines is 1. The molecule has 0 bridgehead atoms. The molecule has 1 aliphatic heterocycles. The monoisotopic (exact) mass is 220 g/mol. The minimum absolute atomic E-state index is 0.0153. The van der Waals surface area contributed by atoms with Crippen molar-refractivity contribution in [1.29, 1.82) is 5.26 Å². The Morgan fingerprint density at radius 2 is 2.31 bits per heavy atom. The first-order chi connectivity index (χ1) is 7.61. The van der Waals surface area contributed by atoms with Gasteiger partial charge in [-0.3, -0.25) is 4.79 Å². The molecule has 0 aromatic heterocycles. The number of rotatable bonds is 1. The zero-order valence-corrected chi connectivity index (χ0v) is 8.35. The van der Waals surface area contributed by atoms with E-state index in [1.807, 2.05) is 6.07 Å². The van der Waals surface area contributed by atoms with Crippen LogP contribution in [-0.4, -0.2) is 23.7 Å². The predicted molar refractivity (Wildman–Crippen MR) is 54.1 cm³/mol. The molecule has 1 aromatic carbocycles. The smallest absolute Gasteiger partial charge is 0.229 e. The van der Waals surface area contributed by atoms with Crippen LogP contribution in [0.25, 0.3) is 0 Å². The van der Waals surface area contributed by atoms with Gasteiger partial charge in [-0.05, 0) is 18.2 Å². The van der Waals surface area contributed by atoms with Crippen LogP contribution in [0.15, 0.2) is 18.2 Å². The molecule has 1 saturated heterocycles. The quantitative estimate of drug-likeness (QED) is 0.761. The number of hydrogen-bond acceptors (Lipinski definition) is 3. The summed E-state index contributed by atoms with van der Waals surface area (Å²) in [5.74, 6) is -0.808. The van der Waals surface area contributed by atoms with Crippen LogP contribution in [0.1, 0.15) is 12.0 Å². The maximum atomic E-state index is 13.1. The van der Waals surface area contributed by atoms with Crippen molar-refractivity contribution in [1.82, 2.24) is 0 Å². The summed E-state index contributed by atoms with van der Waals surface area (Å²) in [5.41, 5.74) is 0.452. The van der Waals surface area contributed by atoms with E-state index in [0.717, 1.165) is 6.07 Å². The van der Waals surface area contributed by atoms with E-state index in [-0.39, 0.29) is 30.1 Å². The molecule has 1 fully saturated rings. The number of aliphatic hydroxyl groups is 1. The number of nitriles is 1. The van der Waals surface area contributed by atoms with E-state index in [9.17, 15) is 14.3 Å². The van der Waals surface area contributed by atoms with Crippen LogP contribution in [-0.2, 0) is 4.79 Å². The Morgan fingerprint density at radius 3 is 2.88 bits per heavy atom. The van der Waals surface area contributed by atoms with E-state index in [4.69, 9.17) is 5.26 Å². The number of halogens is 1. The maximum Gasteiger partial charge on any atom is 0.229 e. The van der Waals surface area contributed by atoms with Gasteiger partial charge in [0, 0.05) is 0 Å². The van der Waals surface area contributed by atoms with Gasteiger partial charge in [0.25, 0.3) is 0 Å². The van der Waals surface area contributed by atoms with Gasteiger partial charge < -0.3 is 10.0 Å². The third kappa shape index (κ3) is 1.75. The molecule has 2 rings (SSSR count). The molecular weight excluding hydrogens is 211 g/mol. The lowest BCUT2D eigenvalue weighted by atomic mass is 10.1. The fourth-order valence-electron chi connectivity index (χ4n) is 1.74. The van der Waals surface area contributed by atoms with Gasteiger partial charge in [0.1, 0.15) is 11.9 Å². The second-order valence-corrected chi connectivity index (χ2v) is 3.64. The largest absolute Gasteiger partial charge is 0.391 e. The first kappa shape index (κ1) is 10.6. The number of β-amino-alcohol motifs (C(OH)–C–C–N with tert-alkyl or cyclic N) is 1. The molecule has 1 unspecified atom stereocenters. The Labute approximate surface area is 91.5 Å². The van der Waals surface area contributed by atoms with E-state index >= 15 is 0 Å².